The molecule has 4 nitrogen and oxygen atoms in total. The van der Waals surface area contributed by atoms with Crippen molar-refractivity contribution in [3.63, 3.8) is 0 Å². The van der Waals surface area contributed by atoms with Gasteiger partial charge in [0.15, 0.2) is 0 Å². The number of hydrogen-bond donors (Lipinski definition) is 1. The number of amides is 2. The highest BCUT2D eigenvalue weighted by atomic mass is 35.5. The highest BCUT2D eigenvalue weighted by Gasteiger charge is 2.21. The van der Waals surface area contributed by atoms with Gasteiger partial charge in [-0.2, -0.15) is 0 Å². The molecule has 8 heteroatoms. The topological polar surface area (TPSA) is 49.4 Å². The van der Waals surface area contributed by atoms with Gasteiger partial charge < -0.3 is 10.2 Å². The maximum Gasteiger partial charge on any atom is 0.244 e. The quantitative estimate of drug-likeness (QED) is 0.871. The summed E-state index contributed by atoms with van der Waals surface area (Å²) in [6, 6.07) is 7.79. The summed E-state index contributed by atoms with van der Waals surface area (Å²) in [5.74, 6) is -3.11. The van der Waals surface area contributed by atoms with Crippen LogP contribution < -0.4 is 10.2 Å². The lowest BCUT2D eigenvalue weighted by Crippen LogP contribution is -2.37. The smallest absolute Gasteiger partial charge is 0.244 e. The molecule has 0 unspecified atom stereocenters. The van der Waals surface area contributed by atoms with E-state index in [-0.39, 0.29) is 15.7 Å². The number of para-hydroxylation sites is 1. The molecule has 0 saturated heterocycles. The molecule has 126 valence electrons. The van der Waals surface area contributed by atoms with Crippen LogP contribution in [0.3, 0.4) is 0 Å². The Morgan fingerprint density at radius 3 is 2.25 bits per heavy atom. The second kappa shape index (κ2) is 7.59. The van der Waals surface area contributed by atoms with E-state index in [1.165, 1.54) is 25.1 Å². The molecule has 2 aromatic carbocycles. The van der Waals surface area contributed by atoms with Crippen LogP contribution in [0.5, 0.6) is 0 Å². The van der Waals surface area contributed by atoms with E-state index in [4.69, 9.17) is 23.2 Å². The van der Waals surface area contributed by atoms with Gasteiger partial charge in [-0.05, 0) is 24.3 Å². The Morgan fingerprint density at radius 1 is 1.08 bits per heavy atom. The summed E-state index contributed by atoms with van der Waals surface area (Å²) >= 11 is 11.9. The van der Waals surface area contributed by atoms with E-state index in [1.807, 2.05) is 0 Å². The van der Waals surface area contributed by atoms with Crippen molar-refractivity contribution >= 4 is 46.4 Å². The van der Waals surface area contributed by atoms with Crippen LogP contribution in [0.2, 0.25) is 10.0 Å². The number of halogens is 4. The van der Waals surface area contributed by atoms with Crippen LogP contribution in [0.15, 0.2) is 36.4 Å². The van der Waals surface area contributed by atoms with E-state index < -0.39 is 35.7 Å². The third-order valence-corrected chi connectivity index (χ3v) is 3.94. The lowest BCUT2D eigenvalue weighted by atomic mass is 10.2. The van der Waals surface area contributed by atoms with Gasteiger partial charge in [-0.15, -0.1) is 0 Å². The Kier molecular flexibility index (Phi) is 5.75. The first-order valence-corrected chi connectivity index (χ1v) is 7.53. The molecule has 0 atom stereocenters. The van der Waals surface area contributed by atoms with Gasteiger partial charge >= 0.3 is 0 Å². The van der Waals surface area contributed by atoms with Gasteiger partial charge in [0.2, 0.25) is 11.8 Å². The van der Waals surface area contributed by atoms with Crippen molar-refractivity contribution in [2.24, 2.45) is 0 Å². The Balaban J connectivity index is 2.24. The predicted octanol–water partition coefficient (Wildman–Crippen LogP) is 4.26. The first-order chi connectivity index (χ1) is 11.3. The first-order valence-electron chi connectivity index (χ1n) is 6.77. The molecule has 24 heavy (non-hydrogen) atoms. The molecular weight excluding hydrogens is 361 g/mol. The molecule has 0 saturated carbocycles. The van der Waals surface area contributed by atoms with E-state index in [0.29, 0.717) is 0 Å². The maximum absolute atomic E-state index is 13.6. The minimum Gasteiger partial charge on any atom is -0.320 e. The fourth-order valence-electron chi connectivity index (χ4n) is 2.01. The van der Waals surface area contributed by atoms with Crippen molar-refractivity contribution in [1.82, 2.24) is 0 Å². The van der Waals surface area contributed by atoms with Crippen molar-refractivity contribution in [3.05, 3.63) is 58.1 Å². The summed E-state index contributed by atoms with van der Waals surface area (Å²) in [5, 5.41) is 2.41. The third-order valence-electron chi connectivity index (χ3n) is 3.13. The zero-order valence-electron chi connectivity index (χ0n) is 12.4. The molecule has 0 aromatic heterocycles. The van der Waals surface area contributed by atoms with Crippen LogP contribution in [0, 0.1) is 11.6 Å². The molecular formula is C16H12Cl2F2N2O2. The molecule has 2 aromatic rings. The van der Waals surface area contributed by atoms with Gasteiger partial charge in [-0.3, -0.25) is 9.59 Å². The number of carbonyl (C=O) groups is 2. The molecule has 0 radical (unpaired) electrons. The molecule has 0 aliphatic carbocycles. The van der Waals surface area contributed by atoms with Crippen LogP contribution in [0.1, 0.15) is 6.92 Å². The molecule has 1 N–H and O–H groups in total. The van der Waals surface area contributed by atoms with Crippen LogP contribution in [0.25, 0.3) is 0 Å². The first kappa shape index (κ1) is 18.2. The molecule has 2 amide bonds. The summed E-state index contributed by atoms with van der Waals surface area (Å²) in [7, 11) is 0. The molecule has 0 spiro atoms. The Labute approximate surface area is 147 Å². The van der Waals surface area contributed by atoms with Crippen LogP contribution in [-0.2, 0) is 9.59 Å². The van der Waals surface area contributed by atoms with E-state index in [1.54, 1.807) is 6.07 Å². The lowest BCUT2D eigenvalue weighted by Gasteiger charge is -2.22. The second-order valence-electron chi connectivity index (χ2n) is 4.82. The van der Waals surface area contributed by atoms with Crippen LogP contribution in [0.4, 0.5) is 20.2 Å². The van der Waals surface area contributed by atoms with Crippen molar-refractivity contribution < 1.29 is 18.4 Å². The van der Waals surface area contributed by atoms with E-state index in [0.717, 1.165) is 17.0 Å². The fraction of sp³-hybridized carbons (Fsp3) is 0.125. The average molecular weight is 373 g/mol. The van der Waals surface area contributed by atoms with Crippen LogP contribution >= 0.6 is 23.2 Å². The van der Waals surface area contributed by atoms with Crippen molar-refractivity contribution in [2.75, 3.05) is 16.8 Å². The number of benzene rings is 2. The number of nitrogens with zero attached hydrogens (tertiary/aromatic N) is 1. The largest absolute Gasteiger partial charge is 0.320 e. The second-order valence-corrected chi connectivity index (χ2v) is 5.61. The van der Waals surface area contributed by atoms with Crippen molar-refractivity contribution in [1.29, 1.82) is 0 Å². The summed E-state index contributed by atoms with van der Waals surface area (Å²) in [6.45, 7) is 0.747. The maximum atomic E-state index is 13.6. The predicted molar refractivity (Wildman–Crippen MR) is 89.5 cm³/mol. The van der Waals surface area contributed by atoms with Gasteiger partial charge in [0.25, 0.3) is 0 Å². The normalized spacial score (nSPS) is 10.4. The minimum atomic E-state index is -0.918. The van der Waals surface area contributed by atoms with Crippen molar-refractivity contribution in [3.8, 4) is 0 Å². The summed E-state index contributed by atoms with van der Waals surface area (Å²) in [5.41, 5.74) is -0.357. The Morgan fingerprint density at radius 2 is 1.67 bits per heavy atom. The molecule has 0 aliphatic heterocycles. The monoisotopic (exact) mass is 372 g/mol. The lowest BCUT2D eigenvalue weighted by molar-refractivity contribution is -0.120. The highest BCUT2D eigenvalue weighted by Crippen LogP contribution is 2.32. The number of nitrogens with one attached hydrogen (secondary N) is 1. The van der Waals surface area contributed by atoms with E-state index in [2.05, 4.69) is 5.32 Å². The minimum absolute atomic E-state index is 0.0965. The molecule has 2 rings (SSSR count). The average Bonchev–Trinajstić information content (AvgIpc) is 2.51. The zero-order chi connectivity index (χ0) is 17.9. The molecule has 0 aliphatic rings. The van der Waals surface area contributed by atoms with Gasteiger partial charge in [-0.1, -0.05) is 35.3 Å². The standard InChI is InChI=1S/C16H12Cl2F2N2O2/c1-9(23)22(13-7-2-4-10(17)15(13)18)8-14(24)21-16-11(19)5-3-6-12(16)20/h2-7H,8H2,1H3,(H,21,24). The summed E-state index contributed by atoms with van der Waals surface area (Å²) in [4.78, 5) is 25.0. The number of rotatable bonds is 4. The molecule has 0 bridgehead atoms. The Bertz CT molecular complexity index is 779. The van der Waals surface area contributed by atoms with Crippen LogP contribution in [-0.4, -0.2) is 18.4 Å². The molecule has 0 fully saturated rings. The summed E-state index contributed by atoms with van der Waals surface area (Å²) in [6.07, 6.45) is 0. The number of anilines is 2. The van der Waals surface area contributed by atoms with Gasteiger partial charge in [0, 0.05) is 6.92 Å². The van der Waals surface area contributed by atoms with Gasteiger partial charge in [0.1, 0.15) is 23.9 Å². The highest BCUT2D eigenvalue weighted by molar-refractivity contribution is 6.44. The third kappa shape index (κ3) is 4.01. The summed E-state index contributed by atoms with van der Waals surface area (Å²) < 4.78 is 27.1. The number of hydrogen-bond acceptors (Lipinski definition) is 2. The van der Waals surface area contributed by atoms with Gasteiger partial charge in [0.05, 0.1) is 15.7 Å². The van der Waals surface area contributed by atoms with Gasteiger partial charge in [-0.25, -0.2) is 8.78 Å². The van der Waals surface area contributed by atoms with E-state index >= 15 is 0 Å². The number of carbonyl (C=O) groups excluding carboxylic acids is 2. The SMILES string of the molecule is CC(=O)N(CC(=O)Nc1c(F)cccc1F)c1cccc(Cl)c1Cl. The molecule has 0 heterocycles. The van der Waals surface area contributed by atoms with Crippen molar-refractivity contribution in [2.45, 2.75) is 6.92 Å². The zero-order valence-corrected chi connectivity index (χ0v) is 14.0. The van der Waals surface area contributed by atoms with E-state index in [9.17, 15) is 18.4 Å². The fourth-order valence-corrected chi connectivity index (χ4v) is 2.40. The Hall–Kier alpha value is -2.18.